The number of rotatable bonds is 3. The summed E-state index contributed by atoms with van der Waals surface area (Å²) >= 11 is 0. The zero-order valence-corrected chi connectivity index (χ0v) is 10.3. The molecule has 2 aromatic carbocycles. The molecule has 0 aliphatic heterocycles. The van der Waals surface area contributed by atoms with Crippen LogP contribution >= 0.6 is 7.60 Å². The van der Waals surface area contributed by atoms with Crippen molar-refractivity contribution in [3.63, 3.8) is 0 Å². The molecule has 0 saturated heterocycles. The molecule has 0 spiro atoms. The minimum absolute atomic E-state index is 0.0919. The van der Waals surface area contributed by atoms with Crippen molar-refractivity contribution >= 4 is 18.9 Å². The maximum absolute atomic E-state index is 11.9. The van der Waals surface area contributed by atoms with Crippen molar-refractivity contribution in [3.05, 3.63) is 66.2 Å². The summed E-state index contributed by atoms with van der Waals surface area (Å²) in [5, 5.41) is 0.0919. The van der Waals surface area contributed by atoms with E-state index in [2.05, 4.69) is 4.52 Å². The lowest BCUT2D eigenvalue weighted by atomic mass is 10.2. The Labute approximate surface area is 104 Å². The summed E-state index contributed by atoms with van der Waals surface area (Å²) in [7, 11) is -4.12. The predicted molar refractivity (Wildman–Crippen MR) is 67.8 cm³/mol. The molecule has 5 heteroatoms. The SMILES string of the molecule is O=C(OP(=O)(O)c1ccccc1)c1ccccc1. The second-order valence-electron chi connectivity index (χ2n) is 3.60. The Kier molecular flexibility index (Phi) is 3.60. The second-order valence-corrected chi connectivity index (χ2v) is 5.34. The van der Waals surface area contributed by atoms with E-state index in [9.17, 15) is 14.3 Å². The van der Waals surface area contributed by atoms with Crippen LogP contribution in [-0.2, 0) is 9.09 Å². The van der Waals surface area contributed by atoms with E-state index in [1.807, 2.05) is 0 Å². The van der Waals surface area contributed by atoms with E-state index in [1.165, 1.54) is 24.3 Å². The largest absolute Gasteiger partial charge is 0.410 e. The highest BCUT2D eigenvalue weighted by atomic mass is 31.2. The van der Waals surface area contributed by atoms with Gasteiger partial charge in [0.1, 0.15) is 0 Å². The van der Waals surface area contributed by atoms with Gasteiger partial charge in [0.25, 0.3) is 0 Å². The summed E-state index contributed by atoms with van der Waals surface area (Å²) < 4.78 is 16.6. The summed E-state index contributed by atoms with van der Waals surface area (Å²) in [5.41, 5.74) is 0.239. The minimum atomic E-state index is -4.12. The molecule has 2 rings (SSSR count). The molecule has 18 heavy (non-hydrogen) atoms. The van der Waals surface area contributed by atoms with Crippen LogP contribution in [0.1, 0.15) is 10.4 Å². The van der Waals surface area contributed by atoms with Crippen molar-refractivity contribution in [2.45, 2.75) is 0 Å². The maximum Gasteiger partial charge on any atom is 0.410 e. The molecule has 0 radical (unpaired) electrons. The molecule has 0 aromatic heterocycles. The van der Waals surface area contributed by atoms with E-state index in [1.54, 1.807) is 36.4 Å². The Morgan fingerprint density at radius 1 is 0.944 bits per heavy atom. The zero-order valence-electron chi connectivity index (χ0n) is 9.39. The number of carbonyl (C=O) groups excluding carboxylic acids is 1. The van der Waals surface area contributed by atoms with E-state index in [0.717, 1.165) is 0 Å². The molecule has 0 bridgehead atoms. The molecular weight excluding hydrogens is 251 g/mol. The highest BCUT2D eigenvalue weighted by Gasteiger charge is 2.27. The lowest BCUT2D eigenvalue weighted by Crippen LogP contribution is -2.11. The van der Waals surface area contributed by atoms with Gasteiger partial charge in [0.15, 0.2) is 0 Å². The molecular formula is C13H11O4P. The first-order valence-corrected chi connectivity index (χ1v) is 6.85. The summed E-state index contributed by atoms with van der Waals surface area (Å²) in [6.07, 6.45) is 0. The van der Waals surface area contributed by atoms with Gasteiger partial charge < -0.3 is 9.42 Å². The first-order chi connectivity index (χ1) is 8.59. The van der Waals surface area contributed by atoms with Gasteiger partial charge in [-0.2, -0.15) is 0 Å². The smallest absolute Gasteiger partial charge is 0.385 e. The minimum Gasteiger partial charge on any atom is -0.385 e. The zero-order chi connectivity index (χ0) is 13.0. The first-order valence-electron chi connectivity index (χ1n) is 5.27. The van der Waals surface area contributed by atoms with Gasteiger partial charge in [-0.15, -0.1) is 0 Å². The van der Waals surface area contributed by atoms with Gasteiger partial charge in [0.2, 0.25) is 0 Å². The average Bonchev–Trinajstić information content (AvgIpc) is 2.40. The Morgan fingerprint density at radius 3 is 2.00 bits per heavy atom. The first kappa shape index (κ1) is 12.6. The van der Waals surface area contributed by atoms with Crippen molar-refractivity contribution in [2.75, 3.05) is 0 Å². The van der Waals surface area contributed by atoms with Crippen molar-refractivity contribution < 1.29 is 18.8 Å². The molecule has 0 heterocycles. The Morgan fingerprint density at radius 2 is 1.44 bits per heavy atom. The van der Waals surface area contributed by atoms with Gasteiger partial charge in [-0.1, -0.05) is 36.4 Å². The lowest BCUT2D eigenvalue weighted by molar-refractivity contribution is 0.0723. The van der Waals surface area contributed by atoms with Crippen LogP contribution in [0.15, 0.2) is 60.7 Å². The van der Waals surface area contributed by atoms with Crippen LogP contribution in [0, 0.1) is 0 Å². The molecule has 1 atom stereocenters. The summed E-state index contributed by atoms with van der Waals surface area (Å²) in [6, 6.07) is 15.9. The molecule has 92 valence electrons. The van der Waals surface area contributed by atoms with Crippen LogP contribution < -0.4 is 5.30 Å². The van der Waals surface area contributed by atoms with Gasteiger partial charge >= 0.3 is 13.6 Å². The molecule has 0 aliphatic carbocycles. The van der Waals surface area contributed by atoms with Gasteiger partial charge in [0, 0.05) is 0 Å². The molecule has 0 amide bonds. The van der Waals surface area contributed by atoms with Crippen LogP contribution in [-0.4, -0.2) is 10.9 Å². The third-order valence-electron chi connectivity index (χ3n) is 2.30. The summed E-state index contributed by atoms with van der Waals surface area (Å²) in [6.45, 7) is 0. The van der Waals surface area contributed by atoms with Gasteiger partial charge in [0.05, 0.1) is 10.9 Å². The maximum atomic E-state index is 11.9. The highest BCUT2D eigenvalue weighted by molar-refractivity contribution is 7.61. The molecule has 0 saturated carbocycles. The summed E-state index contributed by atoms with van der Waals surface area (Å²) in [5.74, 6) is -0.815. The molecule has 2 aromatic rings. The van der Waals surface area contributed by atoms with E-state index in [-0.39, 0.29) is 10.9 Å². The fourth-order valence-electron chi connectivity index (χ4n) is 1.41. The normalized spacial score (nSPS) is 13.6. The standard InChI is InChI=1S/C13H11O4P/c14-13(11-7-3-1-4-8-11)17-18(15,16)12-9-5-2-6-10-12/h1-10H,(H,15,16). The van der Waals surface area contributed by atoms with Gasteiger partial charge in [-0.25, -0.2) is 9.36 Å². The lowest BCUT2D eigenvalue weighted by Gasteiger charge is -2.11. The third kappa shape index (κ3) is 2.86. The van der Waals surface area contributed by atoms with Crippen LogP contribution in [0.2, 0.25) is 0 Å². The number of benzene rings is 2. The predicted octanol–water partition coefficient (Wildman–Crippen LogP) is 2.35. The molecule has 4 nitrogen and oxygen atoms in total. The topological polar surface area (TPSA) is 63.6 Å². The fraction of sp³-hybridized carbons (Fsp3) is 0. The van der Waals surface area contributed by atoms with Crippen molar-refractivity contribution in [1.29, 1.82) is 0 Å². The fourth-order valence-corrected chi connectivity index (χ4v) is 2.39. The van der Waals surface area contributed by atoms with Gasteiger partial charge in [-0.3, -0.25) is 0 Å². The molecule has 0 fully saturated rings. The third-order valence-corrected chi connectivity index (χ3v) is 3.66. The van der Waals surface area contributed by atoms with Crippen LogP contribution in [0.4, 0.5) is 0 Å². The molecule has 1 N–H and O–H groups in total. The molecule has 1 unspecified atom stereocenters. The monoisotopic (exact) mass is 262 g/mol. The highest BCUT2D eigenvalue weighted by Crippen LogP contribution is 2.41. The van der Waals surface area contributed by atoms with Crippen LogP contribution in [0.25, 0.3) is 0 Å². The molecule has 0 aliphatic rings. The van der Waals surface area contributed by atoms with Crippen molar-refractivity contribution in [3.8, 4) is 0 Å². The van der Waals surface area contributed by atoms with E-state index >= 15 is 0 Å². The van der Waals surface area contributed by atoms with Crippen LogP contribution in [0.3, 0.4) is 0 Å². The second kappa shape index (κ2) is 5.17. The Bertz CT molecular complexity index is 580. The summed E-state index contributed by atoms with van der Waals surface area (Å²) in [4.78, 5) is 21.4. The quantitative estimate of drug-likeness (QED) is 0.862. The Hall–Kier alpha value is -1.90. The van der Waals surface area contributed by atoms with E-state index in [0.29, 0.717) is 0 Å². The van der Waals surface area contributed by atoms with E-state index < -0.39 is 13.6 Å². The number of carbonyl (C=O) groups is 1. The number of hydrogen-bond acceptors (Lipinski definition) is 3. The number of hydrogen-bond donors (Lipinski definition) is 1. The van der Waals surface area contributed by atoms with E-state index in [4.69, 9.17) is 0 Å². The Balaban J connectivity index is 2.19. The van der Waals surface area contributed by atoms with Crippen molar-refractivity contribution in [2.24, 2.45) is 0 Å². The average molecular weight is 262 g/mol. The van der Waals surface area contributed by atoms with Gasteiger partial charge in [-0.05, 0) is 24.3 Å². The van der Waals surface area contributed by atoms with Crippen LogP contribution in [0.5, 0.6) is 0 Å². The van der Waals surface area contributed by atoms with Crippen molar-refractivity contribution in [1.82, 2.24) is 0 Å².